The van der Waals surface area contributed by atoms with Crippen LogP contribution in [0.4, 0.5) is 10.8 Å². The Morgan fingerprint density at radius 2 is 1.93 bits per heavy atom. The zero-order chi connectivity index (χ0) is 21.2. The molecule has 0 aliphatic carbocycles. The van der Waals surface area contributed by atoms with Gasteiger partial charge in [-0.15, -0.1) is 0 Å². The molecule has 2 N–H and O–H groups in total. The third-order valence-electron chi connectivity index (χ3n) is 4.34. The Morgan fingerprint density at radius 3 is 2.55 bits per heavy atom. The van der Waals surface area contributed by atoms with Crippen molar-refractivity contribution in [3.8, 4) is 0 Å². The predicted molar refractivity (Wildman–Crippen MR) is 114 cm³/mol. The number of hydrogen-bond acceptors (Lipinski definition) is 6. The van der Waals surface area contributed by atoms with E-state index < -0.39 is 10.0 Å². The second-order valence-electron chi connectivity index (χ2n) is 7.46. The number of aromatic nitrogens is 1. The first kappa shape index (κ1) is 21.3. The Labute approximate surface area is 174 Å². The van der Waals surface area contributed by atoms with Gasteiger partial charge >= 0.3 is 0 Å². The van der Waals surface area contributed by atoms with Crippen LogP contribution in [0.2, 0.25) is 0 Å². The van der Waals surface area contributed by atoms with Crippen molar-refractivity contribution in [2.45, 2.75) is 33.2 Å². The van der Waals surface area contributed by atoms with Crippen molar-refractivity contribution in [3.05, 3.63) is 40.4 Å². The van der Waals surface area contributed by atoms with Crippen molar-refractivity contribution in [2.24, 2.45) is 5.92 Å². The maximum Gasteiger partial charge on any atom is 0.257 e. The topological polar surface area (TPSA) is 108 Å². The minimum Gasteiger partial charge on any atom is -0.337 e. The summed E-state index contributed by atoms with van der Waals surface area (Å²) in [5.74, 6) is 0.140. The number of nitrogens with zero attached hydrogens (tertiary/aromatic N) is 2. The van der Waals surface area contributed by atoms with Crippen molar-refractivity contribution < 1.29 is 18.0 Å². The van der Waals surface area contributed by atoms with Crippen LogP contribution in [-0.2, 0) is 27.8 Å². The number of thiazole rings is 1. The third-order valence-corrected chi connectivity index (χ3v) is 5.94. The summed E-state index contributed by atoms with van der Waals surface area (Å²) in [7, 11) is -3.37. The molecular formula is C19H24N4O4S2. The molecule has 1 aromatic heterocycles. The summed E-state index contributed by atoms with van der Waals surface area (Å²) in [6.07, 6.45) is 2.27. The number of rotatable bonds is 6. The molecule has 8 nitrogen and oxygen atoms in total. The van der Waals surface area contributed by atoms with E-state index in [1.165, 1.54) is 23.5 Å². The van der Waals surface area contributed by atoms with Gasteiger partial charge in [-0.25, -0.2) is 13.4 Å². The minimum atomic E-state index is -3.37. The summed E-state index contributed by atoms with van der Waals surface area (Å²) in [6, 6.07) is 6.15. The monoisotopic (exact) mass is 436 g/mol. The van der Waals surface area contributed by atoms with Gasteiger partial charge in [0, 0.05) is 35.5 Å². The number of anilines is 2. The van der Waals surface area contributed by atoms with E-state index in [9.17, 15) is 18.0 Å². The van der Waals surface area contributed by atoms with Crippen molar-refractivity contribution in [1.82, 2.24) is 9.88 Å². The quantitative estimate of drug-likeness (QED) is 0.724. The lowest BCUT2D eigenvalue weighted by Crippen LogP contribution is -2.36. The maximum absolute atomic E-state index is 12.5. The van der Waals surface area contributed by atoms with Crippen molar-refractivity contribution >= 4 is 44.0 Å². The molecule has 3 rings (SSSR count). The van der Waals surface area contributed by atoms with Crippen LogP contribution in [0.5, 0.6) is 0 Å². The third kappa shape index (κ3) is 5.77. The molecule has 2 heterocycles. The van der Waals surface area contributed by atoms with Gasteiger partial charge in [-0.1, -0.05) is 25.2 Å². The van der Waals surface area contributed by atoms with Gasteiger partial charge in [0.05, 0.1) is 18.5 Å². The number of carbonyl (C=O) groups is 2. The fourth-order valence-electron chi connectivity index (χ4n) is 3.01. The Balaban J connectivity index is 1.64. The zero-order valence-corrected chi connectivity index (χ0v) is 18.2. The van der Waals surface area contributed by atoms with Crippen LogP contribution in [0.25, 0.3) is 0 Å². The highest BCUT2D eigenvalue weighted by atomic mass is 32.2. The van der Waals surface area contributed by atoms with Gasteiger partial charge in [-0.05, 0) is 30.2 Å². The molecule has 0 atom stereocenters. The first-order valence-electron chi connectivity index (χ1n) is 9.26. The first-order valence-corrected chi connectivity index (χ1v) is 12.0. The molecule has 0 unspecified atom stereocenters. The lowest BCUT2D eigenvalue weighted by atomic mass is 10.1. The van der Waals surface area contributed by atoms with E-state index in [0.717, 1.165) is 16.8 Å². The van der Waals surface area contributed by atoms with Gasteiger partial charge in [-0.3, -0.25) is 19.6 Å². The van der Waals surface area contributed by atoms with E-state index in [0.29, 0.717) is 48.2 Å². The van der Waals surface area contributed by atoms with Gasteiger partial charge < -0.3 is 4.90 Å². The number of nitrogens with one attached hydrogen (secondary N) is 2. The molecule has 1 aromatic carbocycles. The largest absolute Gasteiger partial charge is 0.337 e. The van der Waals surface area contributed by atoms with E-state index in [1.807, 2.05) is 18.7 Å². The van der Waals surface area contributed by atoms with E-state index in [1.54, 1.807) is 12.1 Å². The van der Waals surface area contributed by atoms with Crippen LogP contribution in [0, 0.1) is 5.92 Å². The summed E-state index contributed by atoms with van der Waals surface area (Å²) < 4.78 is 24.9. The molecule has 29 heavy (non-hydrogen) atoms. The summed E-state index contributed by atoms with van der Waals surface area (Å²) in [4.78, 5) is 32.1. The SMILES string of the molecule is CC(C)CC(=O)N1CCc2nc(NC(=O)c3ccc(NS(C)(=O)=O)cc3)sc2C1. The van der Waals surface area contributed by atoms with E-state index >= 15 is 0 Å². The number of benzene rings is 1. The highest BCUT2D eigenvalue weighted by Gasteiger charge is 2.25. The van der Waals surface area contributed by atoms with Crippen LogP contribution in [0.3, 0.4) is 0 Å². The van der Waals surface area contributed by atoms with Crippen molar-refractivity contribution in [1.29, 1.82) is 0 Å². The lowest BCUT2D eigenvalue weighted by molar-refractivity contribution is -0.132. The standard InChI is InChI=1S/C19H24N4O4S2/c1-12(2)10-17(24)23-9-8-15-16(11-23)28-19(20-15)21-18(25)13-4-6-14(7-5-13)22-29(3,26)27/h4-7,12,22H,8-11H2,1-3H3,(H,20,21,25). The molecule has 0 bridgehead atoms. The molecule has 0 fully saturated rings. The Kier molecular flexibility index (Phi) is 6.23. The Morgan fingerprint density at radius 1 is 1.24 bits per heavy atom. The average molecular weight is 437 g/mol. The number of hydrogen-bond donors (Lipinski definition) is 2. The fourth-order valence-corrected chi connectivity index (χ4v) is 4.60. The molecule has 0 saturated carbocycles. The average Bonchev–Trinajstić information content (AvgIpc) is 3.01. The summed E-state index contributed by atoms with van der Waals surface area (Å²) >= 11 is 1.38. The van der Waals surface area contributed by atoms with E-state index in [-0.39, 0.29) is 11.8 Å². The highest BCUT2D eigenvalue weighted by Crippen LogP contribution is 2.29. The van der Waals surface area contributed by atoms with Crippen LogP contribution in [0.1, 0.15) is 41.2 Å². The number of fused-ring (bicyclic) bond motifs is 1. The molecule has 1 aliphatic heterocycles. The number of amides is 2. The number of carbonyl (C=O) groups excluding carboxylic acids is 2. The van der Waals surface area contributed by atoms with Crippen LogP contribution in [-0.4, -0.2) is 42.9 Å². The van der Waals surface area contributed by atoms with Crippen molar-refractivity contribution in [3.63, 3.8) is 0 Å². The zero-order valence-electron chi connectivity index (χ0n) is 16.6. The van der Waals surface area contributed by atoms with Gasteiger partial charge in [0.25, 0.3) is 5.91 Å². The van der Waals surface area contributed by atoms with Gasteiger partial charge in [-0.2, -0.15) is 0 Å². The normalized spacial score (nSPS) is 13.9. The molecule has 2 aromatic rings. The van der Waals surface area contributed by atoms with Gasteiger partial charge in [0.2, 0.25) is 15.9 Å². The molecule has 156 valence electrons. The first-order chi connectivity index (χ1) is 13.6. The van der Waals surface area contributed by atoms with Crippen LogP contribution >= 0.6 is 11.3 Å². The summed E-state index contributed by atoms with van der Waals surface area (Å²) in [5.41, 5.74) is 1.71. The number of sulfonamides is 1. The second kappa shape index (κ2) is 8.50. The van der Waals surface area contributed by atoms with Crippen molar-refractivity contribution in [2.75, 3.05) is 22.8 Å². The molecule has 0 spiro atoms. The molecule has 0 radical (unpaired) electrons. The predicted octanol–water partition coefficient (Wildman–Crippen LogP) is 2.70. The minimum absolute atomic E-state index is 0.146. The van der Waals surface area contributed by atoms with Crippen LogP contribution < -0.4 is 10.0 Å². The van der Waals surface area contributed by atoms with Crippen LogP contribution in [0.15, 0.2) is 24.3 Å². The molecular weight excluding hydrogens is 412 g/mol. The molecule has 1 aliphatic rings. The van der Waals surface area contributed by atoms with Gasteiger partial charge in [0.1, 0.15) is 0 Å². The van der Waals surface area contributed by atoms with E-state index in [4.69, 9.17) is 0 Å². The van der Waals surface area contributed by atoms with E-state index in [2.05, 4.69) is 15.0 Å². The molecule has 10 heteroatoms. The second-order valence-corrected chi connectivity index (χ2v) is 10.3. The smallest absolute Gasteiger partial charge is 0.257 e. The molecule has 0 saturated heterocycles. The highest BCUT2D eigenvalue weighted by molar-refractivity contribution is 7.92. The Hall–Kier alpha value is -2.46. The molecule has 2 amide bonds. The maximum atomic E-state index is 12.5. The summed E-state index contributed by atoms with van der Waals surface area (Å²) in [5, 5.41) is 3.28. The fraction of sp³-hybridized carbons (Fsp3) is 0.421. The summed E-state index contributed by atoms with van der Waals surface area (Å²) in [6.45, 7) is 5.22. The Bertz CT molecular complexity index is 1010. The lowest BCUT2D eigenvalue weighted by Gasteiger charge is -2.26. The van der Waals surface area contributed by atoms with Gasteiger partial charge in [0.15, 0.2) is 5.13 Å².